The Bertz CT molecular complexity index is 810. The van der Waals surface area contributed by atoms with Crippen LogP contribution in [0.3, 0.4) is 0 Å². The molecule has 0 saturated carbocycles. The van der Waals surface area contributed by atoms with Gasteiger partial charge in [-0.15, -0.1) is 0 Å². The lowest BCUT2D eigenvalue weighted by molar-refractivity contribution is 0.0844. The minimum Gasteiger partial charge on any atom is -0.493 e. The van der Waals surface area contributed by atoms with Crippen LogP contribution in [0, 0.1) is 0 Å². The fourth-order valence-corrected chi connectivity index (χ4v) is 2.55. The molecule has 8 heteroatoms. The number of rotatable bonds is 6. The Balaban J connectivity index is 2.10. The average molecular weight is 423 g/mol. The summed E-state index contributed by atoms with van der Waals surface area (Å²) in [5.74, 6) is 0.352. The van der Waals surface area contributed by atoms with Crippen molar-refractivity contribution in [2.75, 3.05) is 20.8 Å². The van der Waals surface area contributed by atoms with Crippen molar-refractivity contribution in [2.45, 2.75) is 6.92 Å². The Hall–Kier alpha value is -2.74. The number of hydrogen-bond donors (Lipinski definition) is 2. The van der Waals surface area contributed by atoms with Crippen molar-refractivity contribution < 1.29 is 23.8 Å². The highest BCUT2D eigenvalue weighted by molar-refractivity contribution is 9.10. The van der Waals surface area contributed by atoms with Gasteiger partial charge in [0.05, 0.1) is 26.4 Å². The zero-order valence-corrected chi connectivity index (χ0v) is 16.2. The van der Waals surface area contributed by atoms with Crippen molar-refractivity contribution in [3.05, 3.63) is 52.0 Å². The third-order valence-electron chi connectivity index (χ3n) is 3.42. The summed E-state index contributed by atoms with van der Waals surface area (Å²) in [6.45, 7) is 2.24. The fourth-order valence-electron chi connectivity index (χ4n) is 2.19. The molecule has 0 aromatic heterocycles. The van der Waals surface area contributed by atoms with E-state index in [9.17, 15) is 9.59 Å². The van der Waals surface area contributed by atoms with Crippen LogP contribution in [0.2, 0.25) is 0 Å². The van der Waals surface area contributed by atoms with Crippen LogP contribution in [0.15, 0.2) is 40.9 Å². The molecule has 2 N–H and O–H groups in total. The molecule has 0 atom stereocenters. The quantitative estimate of drug-likeness (QED) is 0.698. The molecule has 0 bridgehead atoms. The van der Waals surface area contributed by atoms with Gasteiger partial charge in [0.25, 0.3) is 11.8 Å². The van der Waals surface area contributed by atoms with Gasteiger partial charge in [-0.05, 0) is 43.3 Å². The number of ether oxygens (including phenoxy) is 3. The lowest BCUT2D eigenvalue weighted by Gasteiger charge is -2.13. The Labute approximate surface area is 159 Å². The second kappa shape index (κ2) is 9.10. The number of hydrazine groups is 1. The van der Waals surface area contributed by atoms with Crippen molar-refractivity contribution in [3.63, 3.8) is 0 Å². The van der Waals surface area contributed by atoms with Gasteiger partial charge in [-0.2, -0.15) is 0 Å². The van der Waals surface area contributed by atoms with E-state index >= 15 is 0 Å². The maximum absolute atomic E-state index is 12.4. The van der Waals surface area contributed by atoms with Crippen LogP contribution >= 0.6 is 15.9 Å². The maximum Gasteiger partial charge on any atom is 0.273 e. The molecule has 2 aromatic rings. The first kappa shape index (κ1) is 19.6. The predicted molar refractivity (Wildman–Crippen MR) is 99.8 cm³/mol. The minimum atomic E-state index is -0.497. The Kier molecular flexibility index (Phi) is 6.85. The zero-order chi connectivity index (χ0) is 19.1. The van der Waals surface area contributed by atoms with E-state index in [0.29, 0.717) is 35.0 Å². The van der Waals surface area contributed by atoms with Crippen LogP contribution in [0.1, 0.15) is 27.6 Å². The largest absolute Gasteiger partial charge is 0.493 e. The summed E-state index contributed by atoms with van der Waals surface area (Å²) in [5.41, 5.74) is 5.35. The van der Waals surface area contributed by atoms with Crippen LogP contribution in [0.5, 0.6) is 17.2 Å². The highest BCUT2D eigenvalue weighted by Gasteiger charge is 2.15. The Morgan fingerprint density at radius 1 is 0.923 bits per heavy atom. The molecule has 0 aliphatic heterocycles. The van der Waals surface area contributed by atoms with Crippen molar-refractivity contribution in [1.29, 1.82) is 0 Å². The third-order valence-corrected chi connectivity index (χ3v) is 3.91. The van der Waals surface area contributed by atoms with Gasteiger partial charge in [-0.1, -0.05) is 15.9 Å². The van der Waals surface area contributed by atoms with Crippen LogP contribution in [-0.2, 0) is 0 Å². The van der Waals surface area contributed by atoms with Crippen LogP contribution in [-0.4, -0.2) is 32.6 Å². The van der Waals surface area contributed by atoms with E-state index in [1.165, 1.54) is 20.3 Å². The number of nitrogens with one attached hydrogen (secondary N) is 2. The van der Waals surface area contributed by atoms with Gasteiger partial charge in [-0.25, -0.2) is 0 Å². The average Bonchev–Trinajstić information content (AvgIpc) is 2.66. The molecule has 0 heterocycles. The molecule has 0 fully saturated rings. The molecule has 2 amide bonds. The standard InChI is InChI=1S/C18H19BrN2O5/c1-4-26-14-8-6-12(19)10-13(14)18(23)21-20-17(22)11-5-7-15(24-2)16(9-11)25-3/h5-10H,4H2,1-3H3,(H,20,22)(H,21,23). The summed E-state index contributed by atoms with van der Waals surface area (Å²) in [6.07, 6.45) is 0. The minimum absolute atomic E-state index is 0.300. The molecule has 0 spiro atoms. The molecule has 2 aromatic carbocycles. The summed E-state index contributed by atoms with van der Waals surface area (Å²) >= 11 is 3.31. The van der Waals surface area contributed by atoms with Crippen LogP contribution in [0.25, 0.3) is 0 Å². The number of carbonyl (C=O) groups excluding carboxylic acids is 2. The highest BCUT2D eigenvalue weighted by atomic mass is 79.9. The number of carbonyl (C=O) groups is 2. The molecule has 0 radical (unpaired) electrons. The molecule has 138 valence electrons. The Morgan fingerprint density at radius 3 is 2.23 bits per heavy atom. The SMILES string of the molecule is CCOc1ccc(Br)cc1C(=O)NNC(=O)c1ccc(OC)c(OC)c1. The van der Waals surface area contributed by atoms with Gasteiger partial charge in [0.2, 0.25) is 0 Å². The maximum atomic E-state index is 12.4. The molecular weight excluding hydrogens is 404 g/mol. The first-order chi connectivity index (χ1) is 12.5. The molecule has 7 nitrogen and oxygen atoms in total. The third kappa shape index (κ3) is 4.66. The molecule has 0 saturated heterocycles. The van der Waals surface area contributed by atoms with E-state index in [2.05, 4.69) is 26.8 Å². The fraction of sp³-hybridized carbons (Fsp3) is 0.222. The van der Waals surface area contributed by atoms with Crippen LogP contribution < -0.4 is 25.1 Å². The number of methoxy groups -OCH3 is 2. The molecule has 26 heavy (non-hydrogen) atoms. The zero-order valence-electron chi connectivity index (χ0n) is 14.6. The van der Waals surface area contributed by atoms with Crippen molar-refractivity contribution in [2.24, 2.45) is 0 Å². The van der Waals surface area contributed by atoms with E-state index in [1.54, 1.807) is 30.3 Å². The van der Waals surface area contributed by atoms with E-state index in [1.807, 2.05) is 6.92 Å². The molecule has 2 rings (SSSR count). The molecule has 0 unspecified atom stereocenters. The molecular formula is C18H19BrN2O5. The second-order valence-electron chi connectivity index (χ2n) is 5.05. The van der Waals surface area contributed by atoms with Gasteiger partial charge in [-0.3, -0.25) is 20.4 Å². The first-order valence-electron chi connectivity index (χ1n) is 7.75. The second-order valence-corrected chi connectivity index (χ2v) is 5.97. The van der Waals surface area contributed by atoms with Gasteiger partial charge >= 0.3 is 0 Å². The predicted octanol–water partition coefficient (Wildman–Crippen LogP) is 2.94. The van der Waals surface area contributed by atoms with E-state index in [4.69, 9.17) is 14.2 Å². The van der Waals surface area contributed by atoms with Gasteiger partial charge in [0, 0.05) is 10.0 Å². The summed E-state index contributed by atoms with van der Waals surface area (Å²) in [6, 6.07) is 9.75. The number of hydrogen-bond acceptors (Lipinski definition) is 5. The van der Waals surface area contributed by atoms with Gasteiger partial charge in [0.15, 0.2) is 11.5 Å². The normalized spacial score (nSPS) is 10.0. The number of amides is 2. The first-order valence-corrected chi connectivity index (χ1v) is 8.54. The number of benzene rings is 2. The monoisotopic (exact) mass is 422 g/mol. The summed E-state index contributed by atoms with van der Waals surface area (Å²) in [4.78, 5) is 24.6. The highest BCUT2D eigenvalue weighted by Crippen LogP contribution is 2.27. The van der Waals surface area contributed by atoms with Crippen molar-refractivity contribution >= 4 is 27.7 Å². The van der Waals surface area contributed by atoms with Gasteiger partial charge < -0.3 is 14.2 Å². The topological polar surface area (TPSA) is 85.9 Å². The lowest BCUT2D eigenvalue weighted by atomic mass is 10.2. The van der Waals surface area contributed by atoms with Crippen LogP contribution in [0.4, 0.5) is 0 Å². The van der Waals surface area contributed by atoms with Crippen molar-refractivity contribution in [1.82, 2.24) is 10.9 Å². The molecule has 0 aliphatic carbocycles. The van der Waals surface area contributed by atoms with E-state index in [0.717, 1.165) is 4.47 Å². The van der Waals surface area contributed by atoms with Gasteiger partial charge in [0.1, 0.15) is 5.75 Å². The van der Waals surface area contributed by atoms with Crippen molar-refractivity contribution in [3.8, 4) is 17.2 Å². The summed E-state index contributed by atoms with van der Waals surface area (Å²) in [5, 5.41) is 0. The van der Waals surface area contributed by atoms with E-state index < -0.39 is 11.8 Å². The lowest BCUT2D eigenvalue weighted by Crippen LogP contribution is -2.41. The number of halogens is 1. The smallest absolute Gasteiger partial charge is 0.273 e. The van der Waals surface area contributed by atoms with E-state index in [-0.39, 0.29) is 0 Å². The molecule has 0 aliphatic rings. The summed E-state index contributed by atoms with van der Waals surface area (Å²) in [7, 11) is 2.98. The summed E-state index contributed by atoms with van der Waals surface area (Å²) < 4.78 is 16.4. The Morgan fingerprint density at radius 2 is 1.58 bits per heavy atom.